The number of ether oxygens (including phenoxy) is 2. The van der Waals surface area contributed by atoms with Crippen molar-refractivity contribution in [1.82, 2.24) is 9.97 Å². The van der Waals surface area contributed by atoms with Crippen LogP contribution >= 0.6 is 0 Å². The van der Waals surface area contributed by atoms with Gasteiger partial charge in [0.2, 0.25) is 11.8 Å². The molecule has 1 N–H and O–H groups in total. The average Bonchev–Trinajstić information content (AvgIpc) is 2.36. The molecule has 1 atom stereocenters. The maximum Gasteiger partial charge on any atom is 0.226 e. The second kappa shape index (κ2) is 7.87. The smallest absolute Gasteiger partial charge is 0.226 e. The number of hydrogen-bond acceptors (Lipinski definition) is 5. The average molecular weight is 253 g/mol. The summed E-state index contributed by atoms with van der Waals surface area (Å²) in [6.07, 6.45) is 2.66. The first-order valence-electron chi connectivity index (χ1n) is 6.38. The van der Waals surface area contributed by atoms with Crippen LogP contribution in [0.5, 0.6) is 5.88 Å². The Kier molecular flexibility index (Phi) is 6.43. The molecule has 0 aliphatic rings. The van der Waals surface area contributed by atoms with Crippen LogP contribution in [-0.4, -0.2) is 36.3 Å². The molecule has 1 heterocycles. The van der Waals surface area contributed by atoms with E-state index in [9.17, 15) is 0 Å². The summed E-state index contributed by atoms with van der Waals surface area (Å²) in [7, 11) is 1.69. The van der Waals surface area contributed by atoms with Crippen molar-refractivity contribution in [1.29, 1.82) is 0 Å². The van der Waals surface area contributed by atoms with Crippen molar-refractivity contribution in [3.63, 3.8) is 0 Å². The van der Waals surface area contributed by atoms with Gasteiger partial charge in [0, 0.05) is 19.4 Å². The van der Waals surface area contributed by atoms with E-state index in [-0.39, 0.29) is 6.04 Å². The highest BCUT2D eigenvalue weighted by Gasteiger charge is 2.14. The van der Waals surface area contributed by atoms with Gasteiger partial charge in [0.05, 0.1) is 19.3 Å². The zero-order valence-corrected chi connectivity index (χ0v) is 11.6. The van der Waals surface area contributed by atoms with Gasteiger partial charge in [-0.05, 0) is 12.3 Å². The Balaban J connectivity index is 2.64. The third kappa shape index (κ3) is 4.87. The van der Waals surface area contributed by atoms with E-state index in [0.717, 1.165) is 6.42 Å². The zero-order chi connectivity index (χ0) is 13.4. The molecule has 1 aromatic heterocycles. The standard InChI is InChI=1S/C13H23N3O2/c1-5-8-18-12-6-7-14-13(16-12)15-11(9-17-4)10(2)3/h6-7,10-11H,5,8-9H2,1-4H3,(H,14,15,16). The lowest BCUT2D eigenvalue weighted by Gasteiger charge is -2.21. The minimum Gasteiger partial charge on any atom is -0.478 e. The van der Waals surface area contributed by atoms with Gasteiger partial charge in [-0.2, -0.15) is 4.98 Å². The minimum absolute atomic E-state index is 0.191. The van der Waals surface area contributed by atoms with Crippen molar-refractivity contribution in [3.05, 3.63) is 12.3 Å². The molecule has 0 aliphatic carbocycles. The lowest BCUT2D eigenvalue weighted by molar-refractivity contribution is 0.170. The molecule has 1 rings (SSSR count). The van der Waals surface area contributed by atoms with Crippen LogP contribution in [0, 0.1) is 5.92 Å². The fourth-order valence-corrected chi connectivity index (χ4v) is 1.44. The van der Waals surface area contributed by atoms with Gasteiger partial charge in [0.15, 0.2) is 0 Å². The summed E-state index contributed by atoms with van der Waals surface area (Å²) in [6.45, 7) is 7.62. The highest BCUT2D eigenvalue weighted by Crippen LogP contribution is 2.12. The highest BCUT2D eigenvalue weighted by atomic mass is 16.5. The van der Waals surface area contributed by atoms with E-state index >= 15 is 0 Å². The quantitative estimate of drug-likeness (QED) is 0.770. The predicted octanol–water partition coefficient (Wildman–Crippen LogP) is 2.35. The van der Waals surface area contributed by atoms with Crippen LogP contribution in [0.2, 0.25) is 0 Å². The number of nitrogens with zero attached hydrogens (tertiary/aromatic N) is 2. The second-order valence-corrected chi connectivity index (χ2v) is 4.52. The summed E-state index contributed by atoms with van der Waals surface area (Å²) < 4.78 is 10.7. The Morgan fingerprint density at radius 3 is 2.78 bits per heavy atom. The van der Waals surface area contributed by atoms with E-state index in [2.05, 4.69) is 36.1 Å². The van der Waals surface area contributed by atoms with E-state index in [1.165, 1.54) is 0 Å². The van der Waals surface area contributed by atoms with E-state index in [1.54, 1.807) is 19.4 Å². The van der Waals surface area contributed by atoms with Gasteiger partial charge in [-0.1, -0.05) is 20.8 Å². The lowest BCUT2D eigenvalue weighted by Crippen LogP contribution is -2.31. The van der Waals surface area contributed by atoms with Gasteiger partial charge in [-0.3, -0.25) is 0 Å². The summed E-state index contributed by atoms with van der Waals surface area (Å²) in [6, 6.07) is 1.96. The fourth-order valence-electron chi connectivity index (χ4n) is 1.44. The molecule has 18 heavy (non-hydrogen) atoms. The Morgan fingerprint density at radius 2 is 2.17 bits per heavy atom. The Hall–Kier alpha value is -1.36. The molecule has 0 amide bonds. The number of aromatic nitrogens is 2. The monoisotopic (exact) mass is 253 g/mol. The van der Waals surface area contributed by atoms with Crippen LogP contribution < -0.4 is 10.1 Å². The van der Waals surface area contributed by atoms with Crippen LogP contribution in [0.15, 0.2) is 12.3 Å². The minimum atomic E-state index is 0.191. The first-order chi connectivity index (χ1) is 8.67. The molecule has 1 aromatic rings. The number of rotatable bonds is 8. The van der Waals surface area contributed by atoms with Crippen molar-refractivity contribution in [2.75, 3.05) is 25.6 Å². The maximum absolute atomic E-state index is 5.48. The van der Waals surface area contributed by atoms with Crippen LogP contribution in [0.25, 0.3) is 0 Å². The molecule has 1 unspecified atom stereocenters. The van der Waals surface area contributed by atoms with E-state index in [4.69, 9.17) is 9.47 Å². The summed E-state index contributed by atoms with van der Waals surface area (Å²) in [5.74, 6) is 1.63. The SMILES string of the molecule is CCCOc1ccnc(NC(COC)C(C)C)n1. The maximum atomic E-state index is 5.48. The topological polar surface area (TPSA) is 56.3 Å². The van der Waals surface area contributed by atoms with E-state index in [0.29, 0.717) is 31.0 Å². The fraction of sp³-hybridized carbons (Fsp3) is 0.692. The zero-order valence-electron chi connectivity index (χ0n) is 11.6. The molecule has 102 valence electrons. The third-order valence-corrected chi connectivity index (χ3v) is 2.55. The molecule has 0 fully saturated rings. The molecule has 0 bridgehead atoms. The van der Waals surface area contributed by atoms with Gasteiger partial charge in [0.25, 0.3) is 0 Å². The second-order valence-electron chi connectivity index (χ2n) is 4.52. The summed E-state index contributed by atoms with van der Waals surface area (Å²) in [5.41, 5.74) is 0. The largest absolute Gasteiger partial charge is 0.478 e. The van der Waals surface area contributed by atoms with Gasteiger partial charge < -0.3 is 14.8 Å². The van der Waals surface area contributed by atoms with Crippen molar-refractivity contribution in [3.8, 4) is 5.88 Å². The first-order valence-corrected chi connectivity index (χ1v) is 6.38. The normalized spacial score (nSPS) is 12.5. The first kappa shape index (κ1) is 14.7. The van der Waals surface area contributed by atoms with Gasteiger partial charge in [-0.15, -0.1) is 0 Å². The molecule has 5 heteroatoms. The van der Waals surface area contributed by atoms with Gasteiger partial charge in [0.1, 0.15) is 0 Å². The van der Waals surface area contributed by atoms with Crippen LogP contribution in [0.4, 0.5) is 5.95 Å². The predicted molar refractivity (Wildman–Crippen MR) is 71.9 cm³/mol. The number of nitrogens with one attached hydrogen (secondary N) is 1. The van der Waals surface area contributed by atoms with Gasteiger partial charge >= 0.3 is 0 Å². The molecule has 0 saturated carbocycles. The molecular weight excluding hydrogens is 230 g/mol. The Bertz CT molecular complexity index is 345. The molecule has 0 saturated heterocycles. The molecular formula is C13H23N3O2. The molecule has 0 aromatic carbocycles. The van der Waals surface area contributed by atoms with Crippen LogP contribution in [-0.2, 0) is 4.74 Å². The van der Waals surface area contributed by atoms with Crippen molar-refractivity contribution < 1.29 is 9.47 Å². The van der Waals surface area contributed by atoms with E-state index < -0.39 is 0 Å². The van der Waals surface area contributed by atoms with E-state index in [1.807, 2.05) is 0 Å². The molecule has 0 aliphatic heterocycles. The van der Waals surface area contributed by atoms with Crippen LogP contribution in [0.1, 0.15) is 27.2 Å². The van der Waals surface area contributed by atoms with Crippen LogP contribution in [0.3, 0.4) is 0 Å². The Labute approximate surface area is 109 Å². The Morgan fingerprint density at radius 1 is 1.39 bits per heavy atom. The van der Waals surface area contributed by atoms with Crippen molar-refractivity contribution in [2.45, 2.75) is 33.2 Å². The number of anilines is 1. The molecule has 5 nitrogen and oxygen atoms in total. The van der Waals surface area contributed by atoms with Crippen molar-refractivity contribution in [2.24, 2.45) is 5.92 Å². The lowest BCUT2D eigenvalue weighted by atomic mass is 10.1. The van der Waals surface area contributed by atoms with Crippen molar-refractivity contribution >= 4 is 5.95 Å². The molecule has 0 spiro atoms. The summed E-state index contributed by atoms with van der Waals surface area (Å²) in [5, 5.41) is 3.27. The highest BCUT2D eigenvalue weighted by molar-refractivity contribution is 5.29. The third-order valence-electron chi connectivity index (χ3n) is 2.55. The summed E-state index contributed by atoms with van der Waals surface area (Å²) >= 11 is 0. The number of methoxy groups -OCH3 is 1. The summed E-state index contributed by atoms with van der Waals surface area (Å²) in [4.78, 5) is 8.51. The molecule has 0 radical (unpaired) electrons. The number of hydrogen-bond donors (Lipinski definition) is 1. The van der Waals surface area contributed by atoms with Gasteiger partial charge in [-0.25, -0.2) is 4.98 Å².